The molecule has 8 saturated carbocycles. The SMILES string of the molecule is C.C.C.C.C.C.C.C.C.C.C.C.CCC(C)(C)C(=O)OC.CCC(C)(C)C(=O)OC.CCC(C)(C)C(=O)OC1C(=O)OC2C(O)C(O)OC12.CCC(C)(C)C(=O)OC1C(=O)OC2C1CC1OC(C)(C)OC12.CCC(C)(C)C(=O)OC1C(=O)OC2C=CCC21.CCC(C)(C)C(=O)OC1C(=O)OC2CCCC21.O=C1OCC2C3CC(C12)C1C2CCC(C2)C31.O=C1OCC2C3CCC(C3)C12. The number of hydrogen-bond acceptors (Lipinski definition) is 29. The molecule has 0 radical (unpaired) electrons. The minimum atomic E-state index is -1.44. The molecule has 28 unspecified atom stereocenters. The zero-order chi connectivity index (χ0) is 88.8. The van der Waals surface area contributed by atoms with Crippen LogP contribution in [0.15, 0.2) is 12.2 Å². The van der Waals surface area contributed by atoms with Crippen LogP contribution in [0.5, 0.6) is 0 Å². The van der Waals surface area contributed by atoms with Gasteiger partial charge in [0.25, 0.3) is 0 Å². The number of rotatable bonds is 16. The van der Waals surface area contributed by atoms with E-state index < -0.39 is 100 Å². The van der Waals surface area contributed by atoms with Crippen LogP contribution in [0.4, 0.5) is 0 Å². The number of carbonyl (C=O) groups is 12. The minimum Gasteiger partial charge on any atom is -0.469 e. The Balaban J connectivity index is -0.00000144. The van der Waals surface area contributed by atoms with Gasteiger partial charge in [-0.3, -0.25) is 38.4 Å². The van der Waals surface area contributed by atoms with E-state index in [1.807, 2.05) is 137 Å². The lowest BCUT2D eigenvalue weighted by Crippen LogP contribution is -2.39. The van der Waals surface area contributed by atoms with E-state index in [9.17, 15) is 67.7 Å². The van der Waals surface area contributed by atoms with Crippen molar-refractivity contribution >= 4 is 71.6 Å². The second-order valence-corrected chi connectivity index (χ2v) is 40.4. The number of fused-ring (bicyclic) bond motifs is 23. The Bertz CT molecular complexity index is 3720. The first kappa shape index (κ1) is 129. The topological polar surface area (TPSA) is 384 Å². The van der Waals surface area contributed by atoms with E-state index in [2.05, 4.69) is 9.47 Å². The largest absolute Gasteiger partial charge is 0.469 e. The van der Waals surface area contributed by atoms with Crippen molar-refractivity contribution in [2.45, 2.75) is 428 Å². The van der Waals surface area contributed by atoms with Crippen LogP contribution in [0.25, 0.3) is 0 Å². The summed E-state index contributed by atoms with van der Waals surface area (Å²) in [6.45, 7) is 38.5. The molecule has 0 aromatic rings. The second kappa shape index (κ2) is 51.0. The van der Waals surface area contributed by atoms with Gasteiger partial charge in [0, 0.05) is 23.7 Å². The zero-order valence-corrected chi connectivity index (χ0v) is 74.9. The number of esters is 12. The van der Waals surface area contributed by atoms with Gasteiger partial charge in [-0.25, -0.2) is 19.2 Å². The number of allylic oxidation sites excluding steroid dienone is 1. The summed E-state index contributed by atoms with van der Waals surface area (Å²) in [5.74, 6) is 4.58. The molecule has 28 atom stereocenters. The summed E-state index contributed by atoms with van der Waals surface area (Å²) in [6.07, 6.45) is 12.8. The van der Waals surface area contributed by atoms with Crippen molar-refractivity contribution in [2.24, 2.45) is 121 Å². The molecule has 0 spiro atoms. The second-order valence-electron chi connectivity index (χ2n) is 40.4. The average Bonchev–Trinajstić information content (AvgIpc) is 1.53. The fourth-order valence-electron chi connectivity index (χ4n) is 20.4. The third kappa shape index (κ3) is 27.0. The van der Waals surface area contributed by atoms with Crippen molar-refractivity contribution in [1.82, 2.24) is 0 Å². The molecule has 8 aliphatic heterocycles. The van der Waals surface area contributed by atoms with Crippen LogP contribution in [0.2, 0.25) is 0 Å². The summed E-state index contributed by atoms with van der Waals surface area (Å²) < 4.78 is 78.2. The van der Waals surface area contributed by atoms with E-state index in [-0.39, 0.29) is 196 Å². The van der Waals surface area contributed by atoms with E-state index in [1.54, 1.807) is 13.8 Å². The molecule has 132 heavy (non-hydrogen) atoms. The molecule has 2 N–H and O–H groups in total. The Morgan fingerprint density at radius 2 is 0.758 bits per heavy atom. The summed E-state index contributed by atoms with van der Waals surface area (Å²) in [5.41, 5.74) is -3.04. The summed E-state index contributed by atoms with van der Waals surface area (Å²) in [4.78, 5) is 140. The molecule has 8 saturated heterocycles. The Labute approximate surface area is 796 Å². The van der Waals surface area contributed by atoms with Gasteiger partial charge in [0.15, 0.2) is 18.2 Å². The van der Waals surface area contributed by atoms with E-state index in [4.69, 9.17) is 61.6 Å². The Morgan fingerprint density at radius 3 is 1.22 bits per heavy atom. The molecule has 0 aromatic heterocycles. The molecule has 9 aliphatic carbocycles. The number of aliphatic hydroxyl groups is 2. The molecule has 772 valence electrons. The highest BCUT2D eigenvalue weighted by Gasteiger charge is 2.70. The molecule has 29 heteroatoms. The summed E-state index contributed by atoms with van der Waals surface area (Å²) in [5, 5.41) is 18.9. The first-order valence-electron chi connectivity index (χ1n) is 44.3. The minimum absolute atomic E-state index is 0. The maximum absolute atomic E-state index is 12.2. The highest BCUT2D eigenvalue weighted by Crippen LogP contribution is 2.71. The first-order valence-corrected chi connectivity index (χ1v) is 44.3. The predicted octanol–water partition coefficient (Wildman–Crippen LogP) is 19.2. The lowest BCUT2D eigenvalue weighted by molar-refractivity contribution is -0.185. The Morgan fingerprint density at radius 1 is 0.371 bits per heavy atom. The van der Waals surface area contributed by atoms with E-state index in [0.29, 0.717) is 61.7 Å². The lowest BCUT2D eigenvalue weighted by atomic mass is 9.64. The Kier molecular flexibility index (Phi) is 50.0. The maximum Gasteiger partial charge on any atom is 0.350 e. The van der Waals surface area contributed by atoms with Gasteiger partial charge < -0.3 is 81.3 Å². The maximum atomic E-state index is 12.2. The van der Waals surface area contributed by atoms with Gasteiger partial charge >= 0.3 is 71.6 Å². The molecule has 6 bridgehead atoms. The standard InChI is InChI=1S/C16H24O6.C14H18O2.C13H20O4.C13H18O4.C12H18O7.C9H12O2.2C7H14O2.12CH4/c1-6-15(2,3)14(18)20-11-8-7-9-12(10(8)19-13(11)17)22-16(4,5)21-9;15-14-13-9-4-8(10(13)5-16-14)11-6-1-2-7(3-6)12(9)11;2*1-4-13(2,3)12(15)17-10-8-6-5-7-9(8)16-11(10)14;1-4-12(2,3)11(16)19-8-7-6(17-10(8)15)5(13)9(14)18-7;10-9-8-6-2-1-5(3-6)7(8)4-11-9;2*1-5-7(2,3)6(8)9-4;;;;;;;;;;;;/h8-12H,6-7H2,1-5H3;6-13H,1-5H2;8-10H,4-7H2,1-3H3;5,7-10H,4,6H2,1-3H3;5-9,13-14H,4H2,1-3H3;5-8H,1-4H2;2*5H2,1-4H3;12*1H4. The van der Waals surface area contributed by atoms with Gasteiger partial charge in [-0.1, -0.05) is 137 Å². The fourth-order valence-corrected chi connectivity index (χ4v) is 20.4. The number of aliphatic hydroxyl groups excluding tert-OH is 2. The summed E-state index contributed by atoms with van der Waals surface area (Å²) in [7, 11) is 2.83. The predicted molar refractivity (Wildman–Crippen MR) is 508 cm³/mol. The van der Waals surface area contributed by atoms with Crippen molar-refractivity contribution in [3.63, 3.8) is 0 Å². The van der Waals surface area contributed by atoms with Crippen molar-refractivity contribution in [3.05, 3.63) is 12.2 Å². The molecule has 16 fully saturated rings. The number of carbonyl (C=O) groups excluding carboxylic acids is 12. The van der Waals surface area contributed by atoms with Crippen molar-refractivity contribution < 1.29 is 139 Å². The highest BCUT2D eigenvalue weighted by molar-refractivity contribution is 5.87. The van der Waals surface area contributed by atoms with Crippen molar-refractivity contribution in [3.8, 4) is 0 Å². The number of cyclic esters (lactones) is 2. The van der Waals surface area contributed by atoms with Crippen LogP contribution in [0, 0.1) is 121 Å². The lowest BCUT2D eigenvalue weighted by Gasteiger charge is -2.38. The summed E-state index contributed by atoms with van der Waals surface area (Å²) in [6, 6.07) is 0. The van der Waals surface area contributed by atoms with Crippen LogP contribution >= 0.6 is 0 Å². The molecule has 29 nitrogen and oxygen atoms in total. The van der Waals surface area contributed by atoms with E-state index >= 15 is 0 Å². The van der Waals surface area contributed by atoms with Crippen LogP contribution in [-0.2, 0) is 129 Å². The van der Waals surface area contributed by atoms with Gasteiger partial charge in [-0.2, -0.15) is 0 Å². The number of methoxy groups -OCH3 is 2. The third-order valence-electron chi connectivity index (χ3n) is 30.2. The average molecular weight is 1890 g/mol. The van der Waals surface area contributed by atoms with Crippen molar-refractivity contribution in [1.29, 1.82) is 0 Å². The van der Waals surface area contributed by atoms with Crippen LogP contribution in [0.3, 0.4) is 0 Å². The fraction of sp³-hybridized carbons (Fsp3) is 0.864. The normalized spacial score (nSPS) is 34.0. The molecular weight excluding hydrogens is 1700 g/mol. The van der Waals surface area contributed by atoms with E-state index in [1.165, 1.54) is 59.2 Å². The molecule has 0 amide bonds. The van der Waals surface area contributed by atoms with Gasteiger partial charge in [-0.15, -0.1) is 0 Å². The first-order chi connectivity index (χ1) is 56.1. The van der Waals surface area contributed by atoms with Crippen LogP contribution in [-0.4, -0.2) is 195 Å². The smallest absolute Gasteiger partial charge is 0.350 e. The molecular formula is C103H186O29. The molecule has 17 rings (SSSR count). The molecule has 0 aromatic carbocycles. The quantitative estimate of drug-likeness (QED) is 0.0627. The number of ether oxygens (including phenoxy) is 15. The van der Waals surface area contributed by atoms with E-state index in [0.717, 1.165) is 93.2 Å². The summed E-state index contributed by atoms with van der Waals surface area (Å²) >= 11 is 0. The zero-order valence-electron chi connectivity index (χ0n) is 74.9. The van der Waals surface area contributed by atoms with Crippen molar-refractivity contribution in [2.75, 3.05) is 27.4 Å². The van der Waals surface area contributed by atoms with Gasteiger partial charge in [-0.05, 0) is 266 Å². The van der Waals surface area contributed by atoms with Gasteiger partial charge in [0.05, 0.1) is 83.8 Å². The van der Waals surface area contributed by atoms with Gasteiger partial charge in [0.2, 0.25) is 24.4 Å². The monoisotopic (exact) mass is 1890 g/mol. The molecule has 8 heterocycles. The Hall–Kier alpha value is -6.82. The third-order valence-corrected chi connectivity index (χ3v) is 30.2. The highest BCUT2D eigenvalue weighted by atomic mass is 16.8. The van der Waals surface area contributed by atoms with Gasteiger partial charge in [0.1, 0.15) is 36.6 Å². The number of hydrogen-bond donors (Lipinski definition) is 2. The van der Waals surface area contributed by atoms with Crippen LogP contribution < -0.4 is 0 Å². The molecule has 17 aliphatic rings. The van der Waals surface area contributed by atoms with Crippen LogP contribution in [0.1, 0.15) is 343 Å².